The summed E-state index contributed by atoms with van der Waals surface area (Å²) in [5.74, 6) is 1.35. The van der Waals surface area contributed by atoms with Crippen LogP contribution in [0, 0.1) is 11.8 Å². The van der Waals surface area contributed by atoms with Crippen molar-refractivity contribution in [3.63, 3.8) is 0 Å². The zero-order valence-corrected chi connectivity index (χ0v) is 14.3. The summed E-state index contributed by atoms with van der Waals surface area (Å²) in [6.07, 6.45) is 1.72. The molecule has 1 saturated heterocycles. The van der Waals surface area contributed by atoms with Crippen LogP contribution >= 0.6 is 0 Å². The first kappa shape index (κ1) is 16.8. The van der Waals surface area contributed by atoms with Gasteiger partial charge in [0.25, 0.3) is 0 Å². The maximum Gasteiger partial charge on any atom is 0.317 e. The van der Waals surface area contributed by atoms with Crippen molar-refractivity contribution in [2.45, 2.75) is 32.7 Å². The molecule has 6 nitrogen and oxygen atoms in total. The number of para-hydroxylation sites is 2. The molecule has 3 rings (SSSR count). The maximum absolute atomic E-state index is 12.6. The van der Waals surface area contributed by atoms with Crippen molar-refractivity contribution >= 4 is 17.1 Å². The summed E-state index contributed by atoms with van der Waals surface area (Å²) in [5, 5.41) is 12.3. The van der Waals surface area contributed by atoms with Crippen molar-refractivity contribution in [3.8, 4) is 0 Å². The van der Waals surface area contributed by atoms with E-state index in [0.717, 1.165) is 29.7 Å². The minimum atomic E-state index is -0.152. The molecule has 1 aromatic heterocycles. The van der Waals surface area contributed by atoms with Gasteiger partial charge in [0.15, 0.2) is 0 Å². The number of piperidine rings is 1. The fourth-order valence-electron chi connectivity index (χ4n) is 3.21. The van der Waals surface area contributed by atoms with Gasteiger partial charge in [0.05, 0.1) is 17.1 Å². The van der Waals surface area contributed by atoms with Gasteiger partial charge >= 0.3 is 6.03 Å². The monoisotopic (exact) mass is 330 g/mol. The number of imidazole rings is 1. The lowest BCUT2D eigenvalue weighted by atomic mass is 9.98. The Morgan fingerprint density at radius 2 is 2.08 bits per heavy atom. The first-order valence-corrected chi connectivity index (χ1v) is 8.69. The lowest BCUT2D eigenvalue weighted by Crippen LogP contribution is -2.47. The van der Waals surface area contributed by atoms with Crippen LogP contribution in [0.2, 0.25) is 0 Å². The molecule has 1 unspecified atom stereocenters. The fourth-order valence-corrected chi connectivity index (χ4v) is 3.21. The number of aromatic nitrogens is 2. The number of fused-ring (bicyclic) bond motifs is 1. The number of benzene rings is 1. The topological polar surface area (TPSA) is 81.2 Å². The molecule has 1 aliphatic heterocycles. The molecule has 6 heteroatoms. The van der Waals surface area contributed by atoms with Crippen LogP contribution in [0.3, 0.4) is 0 Å². The predicted octanol–water partition coefficient (Wildman–Crippen LogP) is 2.67. The zero-order chi connectivity index (χ0) is 17.1. The van der Waals surface area contributed by atoms with E-state index in [-0.39, 0.29) is 24.6 Å². The number of aliphatic hydroxyl groups excluding tert-OH is 1. The molecule has 3 N–H and O–H groups in total. The number of rotatable bonds is 4. The quantitative estimate of drug-likeness (QED) is 0.806. The summed E-state index contributed by atoms with van der Waals surface area (Å²) < 4.78 is 0. The second-order valence-corrected chi connectivity index (χ2v) is 6.92. The van der Waals surface area contributed by atoms with Gasteiger partial charge in [0, 0.05) is 19.7 Å². The van der Waals surface area contributed by atoms with Crippen molar-refractivity contribution in [1.29, 1.82) is 0 Å². The van der Waals surface area contributed by atoms with Gasteiger partial charge in [-0.3, -0.25) is 0 Å². The SMILES string of the molecule is CC(C)C(NC(=O)N1CCC(CO)CC1)c1nc2ccccc2[nH]1. The third-order valence-electron chi connectivity index (χ3n) is 4.81. The van der Waals surface area contributed by atoms with Gasteiger partial charge in [-0.05, 0) is 36.8 Å². The highest BCUT2D eigenvalue weighted by Gasteiger charge is 2.27. The molecule has 1 fully saturated rings. The van der Waals surface area contributed by atoms with Crippen LogP contribution < -0.4 is 5.32 Å². The summed E-state index contributed by atoms with van der Waals surface area (Å²) in [7, 11) is 0. The minimum absolute atomic E-state index is 0.0504. The number of urea groups is 1. The molecule has 24 heavy (non-hydrogen) atoms. The molecule has 130 valence electrons. The average Bonchev–Trinajstić information content (AvgIpc) is 3.02. The standard InChI is InChI=1S/C18H26N4O2/c1-12(2)16(17-19-14-5-3-4-6-15(14)20-17)21-18(24)22-9-7-13(11-23)8-10-22/h3-6,12-13,16,23H,7-11H2,1-2H3,(H,19,20)(H,21,24). The maximum atomic E-state index is 12.6. The number of amides is 2. The van der Waals surface area contributed by atoms with Gasteiger partial charge < -0.3 is 20.3 Å². The zero-order valence-electron chi connectivity index (χ0n) is 14.3. The van der Waals surface area contributed by atoms with Crippen LogP contribution in [-0.2, 0) is 0 Å². The second kappa shape index (κ2) is 7.21. The van der Waals surface area contributed by atoms with Gasteiger partial charge in [0.1, 0.15) is 5.82 Å². The van der Waals surface area contributed by atoms with Crippen molar-refractivity contribution < 1.29 is 9.90 Å². The first-order chi connectivity index (χ1) is 11.6. The smallest absolute Gasteiger partial charge is 0.317 e. The summed E-state index contributed by atoms with van der Waals surface area (Å²) in [6.45, 7) is 5.76. The Bertz CT molecular complexity index is 656. The Morgan fingerprint density at radius 1 is 1.38 bits per heavy atom. The average molecular weight is 330 g/mol. The van der Waals surface area contributed by atoms with Gasteiger partial charge in [-0.15, -0.1) is 0 Å². The van der Waals surface area contributed by atoms with Crippen LogP contribution in [0.15, 0.2) is 24.3 Å². The van der Waals surface area contributed by atoms with E-state index in [1.54, 1.807) is 0 Å². The highest BCUT2D eigenvalue weighted by molar-refractivity contribution is 5.76. The van der Waals surface area contributed by atoms with Gasteiger partial charge in [-0.2, -0.15) is 0 Å². The van der Waals surface area contributed by atoms with E-state index in [2.05, 4.69) is 29.1 Å². The van der Waals surface area contributed by atoms with E-state index in [4.69, 9.17) is 0 Å². The van der Waals surface area contributed by atoms with E-state index in [1.165, 1.54) is 0 Å². The molecule has 0 radical (unpaired) electrons. The number of H-pyrrole nitrogens is 1. The minimum Gasteiger partial charge on any atom is -0.396 e. The number of hydrogen-bond acceptors (Lipinski definition) is 3. The molecule has 0 spiro atoms. The highest BCUT2D eigenvalue weighted by atomic mass is 16.3. The molecule has 1 aliphatic rings. The van der Waals surface area contributed by atoms with Crippen molar-refractivity contribution in [2.75, 3.05) is 19.7 Å². The largest absolute Gasteiger partial charge is 0.396 e. The van der Waals surface area contributed by atoms with E-state index in [9.17, 15) is 9.90 Å². The fraction of sp³-hybridized carbons (Fsp3) is 0.556. The number of nitrogens with one attached hydrogen (secondary N) is 2. The van der Waals surface area contributed by atoms with Gasteiger partial charge in [0.2, 0.25) is 0 Å². The van der Waals surface area contributed by atoms with E-state index >= 15 is 0 Å². The molecule has 2 amide bonds. The second-order valence-electron chi connectivity index (χ2n) is 6.92. The van der Waals surface area contributed by atoms with Crippen molar-refractivity contribution in [2.24, 2.45) is 11.8 Å². The summed E-state index contributed by atoms with van der Waals surface area (Å²) in [5.41, 5.74) is 1.90. The van der Waals surface area contributed by atoms with Crippen LogP contribution in [0.25, 0.3) is 11.0 Å². The predicted molar refractivity (Wildman–Crippen MR) is 93.6 cm³/mol. The molecule has 0 aliphatic carbocycles. The highest BCUT2D eigenvalue weighted by Crippen LogP contribution is 2.23. The number of aliphatic hydroxyl groups is 1. The van der Waals surface area contributed by atoms with Crippen LogP contribution in [0.4, 0.5) is 4.79 Å². The van der Waals surface area contributed by atoms with Gasteiger partial charge in [-0.25, -0.2) is 9.78 Å². The molecule has 0 bridgehead atoms. The lowest BCUT2D eigenvalue weighted by molar-refractivity contribution is 0.134. The Hall–Kier alpha value is -2.08. The third kappa shape index (κ3) is 3.53. The normalized spacial score (nSPS) is 17.4. The Labute approximate surface area is 142 Å². The number of hydrogen-bond donors (Lipinski definition) is 3. The summed E-state index contributed by atoms with van der Waals surface area (Å²) in [4.78, 5) is 22.4. The molecule has 1 atom stereocenters. The van der Waals surface area contributed by atoms with E-state index < -0.39 is 0 Å². The van der Waals surface area contributed by atoms with E-state index in [1.807, 2.05) is 29.2 Å². The number of carbonyl (C=O) groups is 1. The van der Waals surface area contributed by atoms with Crippen LogP contribution in [0.5, 0.6) is 0 Å². The van der Waals surface area contributed by atoms with Crippen molar-refractivity contribution in [3.05, 3.63) is 30.1 Å². The molecule has 2 heterocycles. The number of carbonyl (C=O) groups excluding carboxylic acids is 1. The van der Waals surface area contributed by atoms with E-state index in [0.29, 0.717) is 19.0 Å². The number of likely N-dealkylation sites (tertiary alicyclic amines) is 1. The van der Waals surface area contributed by atoms with Crippen LogP contribution in [0.1, 0.15) is 38.6 Å². The summed E-state index contributed by atoms with van der Waals surface area (Å²) >= 11 is 0. The third-order valence-corrected chi connectivity index (χ3v) is 4.81. The first-order valence-electron chi connectivity index (χ1n) is 8.69. The molecule has 0 saturated carbocycles. The molecular weight excluding hydrogens is 304 g/mol. The molecule has 2 aromatic rings. The van der Waals surface area contributed by atoms with Crippen LogP contribution in [-0.4, -0.2) is 45.7 Å². The Morgan fingerprint density at radius 3 is 2.71 bits per heavy atom. The summed E-state index contributed by atoms with van der Waals surface area (Å²) in [6, 6.07) is 7.68. The Balaban J connectivity index is 1.71. The van der Waals surface area contributed by atoms with Gasteiger partial charge in [-0.1, -0.05) is 26.0 Å². The lowest BCUT2D eigenvalue weighted by Gasteiger charge is -2.33. The molecular formula is C18H26N4O2. The number of nitrogens with zero attached hydrogens (tertiary/aromatic N) is 2. The Kier molecular flexibility index (Phi) is 5.04. The van der Waals surface area contributed by atoms with Crippen molar-refractivity contribution in [1.82, 2.24) is 20.2 Å². The molecule has 1 aromatic carbocycles. The number of aromatic amines is 1.